The summed E-state index contributed by atoms with van der Waals surface area (Å²) in [6.45, 7) is 1.33. The van der Waals surface area contributed by atoms with Crippen LogP contribution in [0.4, 0.5) is 0 Å². The second kappa shape index (κ2) is 6.87. The van der Waals surface area contributed by atoms with Gasteiger partial charge in [-0.05, 0) is 23.7 Å². The molecule has 0 aromatic heterocycles. The molecule has 0 fully saturated rings. The van der Waals surface area contributed by atoms with Gasteiger partial charge in [0, 0.05) is 13.1 Å². The second-order valence-electron chi connectivity index (χ2n) is 4.94. The van der Waals surface area contributed by atoms with Gasteiger partial charge in [-0.25, -0.2) is 0 Å². The number of hydrogen-bond acceptors (Lipinski definition) is 2. The molecule has 0 bridgehead atoms. The molecule has 3 heteroatoms. The maximum atomic E-state index is 10.5. The lowest BCUT2D eigenvalue weighted by atomic mass is 10.0. The first-order valence-electron chi connectivity index (χ1n) is 6.70. The van der Waals surface area contributed by atoms with E-state index in [0.29, 0.717) is 6.54 Å². The van der Waals surface area contributed by atoms with Crippen molar-refractivity contribution in [2.45, 2.75) is 13.0 Å². The van der Waals surface area contributed by atoms with Crippen LogP contribution in [-0.4, -0.2) is 29.6 Å². The smallest absolute Gasteiger partial charge is 0.304 e. The number of nitrogens with zero attached hydrogens (tertiary/aromatic N) is 1. The number of carboxylic acid groups (broad SMARTS) is 1. The second-order valence-corrected chi connectivity index (χ2v) is 4.94. The molecule has 2 rings (SSSR count). The third-order valence-corrected chi connectivity index (χ3v) is 3.22. The zero-order valence-corrected chi connectivity index (χ0v) is 11.6. The van der Waals surface area contributed by atoms with Crippen molar-refractivity contribution in [1.29, 1.82) is 0 Å². The Morgan fingerprint density at radius 1 is 1.00 bits per heavy atom. The van der Waals surface area contributed by atoms with E-state index in [9.17, 15) is 4.79 Å². The standard InChI is InChI=1S/C17H19NO2/c1-18(12-11-17(19)20)13-14-7-9-16(10-8-14)15-5-3-2-4-6-15/h2-10H,11-13H2,1H3,(H,19,20). The summed E-state index contributed by atoms with van der Waals surface area (Å²) in [6, 6.07) is 18.7. The summed E-state index contributed by atoms with van der Waals surface area (Å²) >= 11 is 0. The van der Waals surface area contributed by atoms with E-state index < -0.39 is 5.97 Å². The summed E-state index contributed by atoms with van der Waals surface area (Å²) in [6.07, 6.45) is 0.179. The molecular formula is C17H19NO2. The van der Waals surface area contributed by atoms with E-state index in [0.717, 1.165) is 6.54 Å². The molecule has 0 heterocycles. The number of carbonyl (C=O) groups is 1. The topological polar surface area (TPSA) is 40.5 Å². The summed E-state index contributed by atoms with van der Waals surface area (Å²) in [7, 11) is 1.94. The van der Waals surface area contributed by atoms with Crippen LogP contribution in [0.25, 0.3) is 11.1 Å². The first kappa shape index (κ1) is 14.3. The zero-order chi connectivity index (χ0) is 14.4. The molecule has 2 aromatic rings. The van der Waals surface area contributed by atoms with Gasteiger partial charge in [0.25, 0.3) is 0 Å². The number of hydrogen-bond donors (Lipinski definition) is 1. The fourth-order valence-electron chi connectivity index (χ4n) is 2.11. The molecule has 0 radical (unpaired) electrons. The van der Waals surface area contributed by atoms with Gasteiger partial charge < -0.3 is 10.0 Å². The summed E-state index contributed by atoms with van der Waals surface area (Å²) in [5.41, 5.74) is 3.60. The Morgan fingerprint density at radius 3 is 2.20 bits per heavy atom. The number of benzene rings is 2. The molecule has 0 unspecified atom stereocenters. The van der Waals surface area contributed by atoms with E-state index in [1.54, 1.807) is 0 Å². The summed E-state index contributed by atoms with van der Waals surface area (Å²) in [5.74, 6) is -0.753. The minimum Gasteiger partial charge on any atom is -0.481 e. The highest BCUT2D eigenvalue weighted by Gasteiger charge is 2.04. The van der Waals surface area contributed by atoms with Crippen LogP contribution >= 0.6 is 0 Å². The highest BCUT2D eigenvalue weighted by atomic mass is 16.4. The van der Waals surface area contributed by atoms with Crippen LogP contribution < -0.4 is 0 Å². The normalized spacial score (nSPS) is 10.7. The maximum Gasteiger partial charge on any atom is 0.304 e. The van der Waals surface area contributed by atoms with Crippen molar-refractivity contribution in [3.63, 3.8) is 0 Å². The molecule has 0 saturated carbocycles. The highest BCUT2D eigenvalue weighted by Crippen LogP contribution is 2.19. The Bertz CT molecular complexity index is 549. The minimum atomic E-state index is -0.753. The minimum absolute atomic E-state index is 0.179. The zero-order valence-electron chi connectivity index (χ0n) is 11.6. The molecule has 0 spiro atoms. The van der Waals surface area contributed by atoms with Crippen LogP contribution in [0.15, 0.2) is 54.6 Å². The molecule has 2 aromatic carbocycles. The van der Waals surface area contributed by atoms with Gasteiger partial charge in [-0.1, -0.05) is 54.6 Å². The van der Waals surface area contributed by atoms with Crippen molar-refractivity contribution >= 4 is 5.97 Å². The quantitative estimate of drug-likeness (QED) is 0.875. The molecule has 0 atom stereocenters. The lowest BCUT2D eigenvalue weighted by molar-refractivity contribution is -0.137. The van der Waals surface area contributed by atoms with Crippen LogP contribution in [0.3, 0.4) is 0 Å². The molecule has 20 heavy (non-hydrogen) atoms. The first-order chi connectivity index (χ1) is 9.65. The Hall–Kier alpha value is -2.13. The molecular weight excluding hydrogens is 250 g/mol. The van der Waals surface area contributed by atoms with Gasteiger partial charge in [0.05, 0.1) is 6.42 Å². The molecule has 0 saturated heterocycles. The Morgan fingerprint density at radius 2 is 1.60 bits per heavy atom. The number of carboxylic acids is 1. The number of rotatable bonds is 6. The average Bonchev–Trinajstić information content (AvgIpc) is 2.47. The molecule has 1 N–H and O–H groups in total. The Labute approximate surface area is 119 Å². The largest absolute Gasteiger partial charge is 0.481 e. The Kier molecular flexibility index (Phi) is 4.91. The third-order valence-electron chi connectivity index (χ3n) is 3.22. The van der Waals surface area contributed by atoms with E-state index in [4.69, 9.17) is 5.11 Å². The highest BCUT2D eigenvalue weighted by molar-refractivity contribution is 5.66. The molecule has 104 valence electrons. The fourth-order valence-corrected chi connectivity index (χ4v) is 2.11. The average molecular weight is 269 g/mol. The van der Waals surface area contributed by atoms with Crippen molar-refractivity contribution in [3.05, 3.63) is 60.2 Å². The van der Waals surface area contributed by atoms with E-state index in [1.807, 2.05) is 30.1 Å². The third kappa shape index (κ3) is 4.21. The molecule has 0 amide bonds. The van der Waals surface area contributed by atoms with Gasteiger partial charge in [0.2, 0.25) is 0 Å². The van der Waals surface area contributed by atoms with Crippen LogP contribution in [0.2, 0.25) is 0 Å². The van der Waals surface area contributed by atoms with Gasteiger partial charge in [0.15, 0.2) is 0 Å². The van der Waals surface area contributed by atoms with E-state index >= 15 is 0 Å². The molecule has 0 aliphatic carbocycles. The van der Waals surface area contributed by atoms with Crippen LogP contribution in [-0.2, 0) is 11.3 Å². The van der Waals surface area contributed by atoms with Gasteiger partial charge in [-0.15, -0.1) is 0 Å². The van der Waals surface area contributed by atoms with Gasteiger partial charge in [0.1, 0.15) is 0 Å². The van der Waals surface area contributed by atoms with Crippen LogP contribution in [0.5, 0.6) is 0 Å². The van der Waals surface area contributed by atoms with Crippen molar-refractivity contribution in [2.24, 2.45) is 0 Å². The lowest BCUT2D eigenvalue weighted by Gasteiger charge is -2.15. The summed E-state index contributed by atoms with van der Waals surface area (Å²) < 4.78 is 0. The van der Waals surface area contributed by atoms with Gasteiger partial charge in [-0.2, -0.15) is 0 Å². The molecule has 3 nitrogen and oxygen atoms in total. The summed E-state index contributed by atoms with van der Waals surface area (Å²) in [5, 5.41) is 8.66. The predicted octanol–water partition coefficient (Wildman–Crippen LogP) is 3.26. The van der Waals surface area contributed by atoms with Crippen molar-refractivity contribution in [2.75, 3.05) is 13.6 Å². The van der Waals surface area contributed by atoms with E-state index in [-0.39, 0.29) is 6.42 Å². The van der Waals surface area contributed by atoms with E-state index in [2.05, 4.69) is 36.4 Å². The molecule has 0 aliphatic heterocycles. The van der Waals surface area contributed by atoms with Crippen molar-refractivity contribution in [3.8, 4) is 11.1 Å². The number of aliphatic carboxylic acids is 1. The van der Waals surface area contributed by atoms with Crippen LogP contribution in [0.1, 0.15) is 12.0 Å². The monoisotopic (exact) mass is 269 g/mol. The Balaban J connectivity index is 1.96. The SMILES string of the molecule is CN(CCC(=O)O)Cc1ccc(-c2ccccc2)cc1. The first-order valence-corrected chi connectivity index (χ1v) is 6.70. The summed E-state index contributed by atoms with van der Waals surface area (Å²) in [4.78, 5) is 12.6. The molecule has 0 aliphatic rings. The van der Waals surface area contributed by atoms with Gasteiger partial charge in [-0.3, -0.25) is 4.79 Å². The van der Waals surface area contributed by atoms with Crippen LogP contribution in [0, 0.1) is 0 Å². The maximum absolute atomic E-state index is 10.5. The van der Waals surface area contributed by atoms with Gasteiger partial charge >= 0.3 is 5.97 Å². The fraction of sp³-hybridized carbons (Fsp3) is 0.235. The lowest BCUT2D eigenvalue weighted by Crippen LogP contribution is -2.21. The van der Waals surface area contributed by atoms with E-state index in [1.165, 1.54) is 16.7 Å². The van der Waals surface area contributed by atoms with Crippen molar-refractivity contribution in [1.82, 2.24) is 4.90 Å². The van der Waals surface area contributed by atoms with Crippen molar-refractivity contribution < 1.29 is 9.90 Å². The predicted molar refractivity (Wildman–Crippen MR) is 80.5 cm³/mol.